The molecule has 0 radical (unpaired) electrons. The predicted molar refractivity (Wildman–Crippen MR) is 95.7 cm³/mol. The lowest BCUT2D eigenvalue weighted by Crippen LogP contribution is -2.49. The Hall–Kier alpha value is -1.75. The second-order valence-electron chi connectivity index (χ2n) is 6.13. The lowest BCUT2D eigenvalue weighted by atomic mass is 10.3. The zero-order valence-electron chi connectivity index (χ0n) is 15.0. The van der Waals surface area contributed by atoms with E-state index in [1.807, 2.05) is 29.2 Å². The molecule has 0 N–H and O–H groups in total. The molecule has 5 nitrogen and oxygen atoms in total. The molecule has 134 valence electrons. The van der Waals surface area contributed by atoms with E-state index in [2.05, 4.69) is 18.7 Å². The van der Waals surface area contributed by atoms with Gasteiger partial charge in [-0.2, -0.15) is 0 Å². The zero-order valence-corrected chi connectivity index (χ0v) is 15.0. The van der Waals surface area contributed by atoms with E-state index in [1.54, 1.807) is 0 Å². The van der Waals surface area contributed by atoms with Gasteiger partial charge in [0.05, 0.1) is 6.61 Å². The number of rotatable bonds is 9. The number of hydrogen-bond acceptors (Lipinski definition) is 4. The summed E-state index contributed by atoms with van der Waals surface area (Å²) in [4.78, 5) is 16.4. The van der Waals surface area contributed by atoms with Gasteiger partial charge in [0.15, 0.2) is 6.61 Å². The minimum Gasteiger partial charge on any atom is -0.494 e. The Morgan fingerprint density at radius 2 is 1.58 bits per heavy atom. The first-order valence-corrected chi connectivity index (χ1v) is 9.08. The van der Waals surface area contributed by atoms with E-state index in [1.165, 1.54) is 12.8 Å². The molecule has 0 spiro atoms. The normalized spacial score (nSPS) is 15.3. The van der Waals surface area contributed by atoms with Gasteiger partial charge >= 0.3 is 0 Å². The Kier molecular flexibility index (Phi) is 7.89. The van der Waals surface area contributed by atoms with Gasteiger partial charge in [-0.1, -0.05) is 26.7 Å². The SMILES string of the molecule is CCCCCOc1ccc(OCC(=O)N2CCN(CC)CC2)cc1. The average molecular weight is 334 g/mol. The molecule has 2 rings (SSSR count). The van der Waals surface area contributed by atoms with E-state index in [4.69, 9.17) is 9.47 Å². The van der Waals surface area contributed by atoms with Crippen LogP contribution in [0.5, 0.6) is 11.5 Å². The summed E-state index contributed by atoms with van der Waals surface area (Å²) in [6, 6.07) is 7.51. The van der Waals surface area contributed by atoms with Gasteiger partial charge in [0.25, 0.3) is 5.91 Å². The minimum atomic E-state index is 0.0608. The Morgan fingerprint density at radius 1 is 0.958 bits per heavy atom. The van der Waals surface area contributed by atoms with E-state index in [-0.39, 0.29) is 12.5 Å². The maximum Gasteiger partial charge on any atom is 0.260 e. The van der Waals surface area contributed by atoms with Crippen molar-refractivity contribution in [2.75, 3.05) is 45.9 Å². The summed E-state index contributed by atoms with van der Waals surface area (Å²) < 4.78 is 11.3. The van der Waals surface area contributed by atoms with Crippen LogP contribution in [0, 0.1) is 0 Å². The Bertz CT molecular complexity index is 482. The van der Waals surface area contributed by atoms with Crippen LogP contribution in [0.25, 0.3) is 0 Å². The van der Waals surface area contributed by atoms with Gasteiger partial charge in [0.1, 0.15) is 11.5 Å². The van der Waals surface area contributed by atoms with Gasteiger partial charge in [0.2, 0.25) is 0 Å². The summed E-state index contributed by atoms with van der Waals surface area (Å²) in [6.45, 7) is 9.71. The molecule has 1 aliphatic rings. The molecule has 0 bridgehead atoms. The third-order valence-electron chi connectivity index (χ3n) is 4.37. The second kappa shape index (κ2) is 10.2. The van der Waals surface area contributed by atoms with E-state index < -0.39 is 0 Å². The summed E-state index contributed by atoms with van der Waals surface area (Å²) in [5.74, 6) is 1.61. The summed E-state index contributed by atoms with van der Waals surface area (Å²) in [5, 5.41) is 0. The molecule has 1 saturated heterocycles. The molecule has 0 aromatic heterocycles. The fourth-order valence-electron chi connectivity index (χ4n) is 2.72. The van der Waals surface area contributed by atoms with Crippen molar-refractivity contribution in [3.05, 3.63) is 24.3 Å². The number of carbonyl (C=O) groups is 1. The van der Waals surface area contributed by atoms with Crippen LogP contribution in [0.1, 0.15) is 33.1 Å². The highest BCUT2D eigenvalue weighted by molar-refractivity contribution is 5.77. The van der Waals surface area contributed by atoms with Crippen molar-refractivity contribution in [3.8, 4) is 11.5 Å². The summed E-state index contributed by atoms with van der Waals surface area (Å²) >= 11 is 0. The largest absolute Gasteiger partial charge is 0.494 e. The van der Waals surface area contributed by atoms with E-state index in [9.17, 15) is 4.79 Å². The number of carbonyl (C=O) groups excluding carboxylic acids is 1. The Morgan fingerprint density at radius 3 is 2.17 bits per heavy atom. The summed E-state index contributed by atoms with van der Waals surface area (Å²) in [7, 11) is 0. The number of unbranched alkanes of at least 4 members (excludes halogenated alkanes) is 2. The molecule has 0 atom stereocenters. The lowest BCUT2D eigenvalue weighted by molar-refractivity contribution is -0.135. The van der Waals surface area contributed by atoms with Gasteiger partial charge in [-0.15, -0.1) is 0 Å². The topological polar surface area (TPSA) is 42.0 Å². The number of ether oxygens (including phenoxy) is 2. The highest BCUT2D eigenvalue weighted by atomic mass is 16.5. The smallest absolute Gasteiger partial charge is 0.260 e. The number of amides is 1. The molecule has 0 unspecified atom stereocenters. The van der Waals surface area contributed by atoms with Crippen LogP contribution in [0.15, 0.2) is 24.3 Å². The van der Waals surface area contributed by atoms with E-state index in [0.29, 0.717) is 5.75 Å². The number of likely N-dealkylation sites (N-methyl/N-ethyl adjacent to an activating group) is 1. The zero-order chi connectivity index (χ0) is 17.2. The lowest BCUT2D eigenvalue weighted by Gasteiger charge is -2.33. The molecular formula is C19H30N2O3. The number of hydrogen-bond donors (Lipinski definition) is 0. The first-order valence-electron chi connectivity index (χ1n) is 9.08. The van der Waals surface area contributed by atoms with E-state index >= 15 is 0 Å². The molecular weight excluding hydrogens is 304 g/mol. The molecule has 1 aromatic rings. The van der Waals surface area contributed by atoms with Gasteiger partial charge in [-0.25, -0.2) is 0 Å². The molecule has 0 aliphatic carbocycles. The van der Waals surface area contributed by atoms with Crippen molar-refractivity contribution in [3.63, 3.8) is 0 Å². The Balaban J connectivity index is 1.69. The maximum atomic E-state index is 12.2. The minimum absolute atomic E-state index is 0.0608. The van der Waals surface area contributed by atoms with Crippen LogP contribution < -0.4 is 9.47 Å². The highest BCUT2D eigenvalue weighted by Gasteiger charge is 2.20. The molecule has 0 saturated carbocycles. The van der Waals surface area contributed by atoms with Crippen LogP contribution in [0.2, 0.25) is 0 Å². The summed E-state index contributed by atoms with van der Waals surface area (Å²) in [6.07, 6.45) is 3.46. The molecule has 24 heavy (non-hydrogen) atoms. The molecule has 1 amide bonds. The standard InChI is InChI=1S/C19H30N2O3/c1-3-5-6-15-23-17-7-9-18(10-8-17)24-16-19(22)21-13-11-20(4-2)12-14-21/h7-10H,3-6,11-16H2,1-2H3. The van der Waals surface area contributed by atoms with Crippen LogP contribution >= 0.6 is 0 Å². The summed E-state index contributed by atoms with van der Waals surface area (Å²) in [5.41, 5.74) is 0. The molecule has 1 fully saturated rings. The molecule has 1 aromatic carbocycles. The predicted octanol–water partition coefficient (Wildman–Crippen LogP) is 2.80. The van der Waals surface area contributed by atoms with Crippen molar-refractivity contribution >= 4 is 5.91 Å². The van der Waals surface area contributed by atoms with Crippen molar-refractivity contribution in [1.82, 2.24) is 9.80 Å². The highest BCUT2D eigenvalue weighted by Crippen LogP contribution is 2.18. The van der Waals surface area contributed by atoms with Crippen molar-refractivity contribution in [1.29, 1.82) is 0 Å². The van der Waals surface area contributed by atoms with Crippen molar-refractivity contribution < 1.29 is 14.3 Å². The average Bonchev–Trinajstić information content (AvgIpc) is 2.64. The first kappa shape index (κ1) is 18.6. The Labute approximate surface area is 145 Å². The molecule has 5 heteroatoms. The molecule has 1 aliphatic heterocycles. The number of benzene rings is 1. The third kappa shape index (κ3) is 6.04. The van der Waals surface area contributed by atoms with Crippen LogP contribution in [-0.2, 0) is 4.79 Å². The second-order valence-corrected chi connectivity index (χ2v) is 6.13. The van der Waals surface area contributed by atoms with Gasteiger partial charge in [-0.3, -0.25) is 4.79 Å². The van der Waals surface area contributed by atoms with Gasteiger partial charge in [0, 0.05) is 26.2 Å². The fraction of sp³-hybridized carbons (Fsp3) is 0.632. The number of piperazine rings is 1. The third-order valence-corrected chi connectivity index (χ3v) is 4.37. The first-order chi connectivity index (χ1) is 11.7. The molecule has 1 heterocycles. The maximum absolute atomic E-state index is 12.2. The van der Waals surface area contributed by atoms with Crippen LogP contribution in [0.3, 0.4) is 0 Å². The van der Waals surface area contributed by atoms with Crippen LogP contribution in [-0.4, -0.2) is 61.6 Å². The van der Waals surface area contributed by atoms with Gasteiger partial charge in [-0.05, 0) is 37.2 Å². The monoisotopic (exact) mass is 334 g/mol. The van der Waals surface area contributed by atoms with E-state index in [0.717, 1.165) is 51.5 Å². The fourth-order valence-corrected chi connectivity index (χ4v) is 2.72. The van der Waals surface area contributed by atoms with Crippen molar-refractivity contribution in [2.24, 2.45) is 0 Å². The van der Waals surface area contributed by atoms with Crippen molar-refractivity contribution in [2.45, 2.75) is 33.1 Å². The van der Waals surface area contributed by atoms with Crippen LogP contribution in [0.4, 0.5) is 0 Å². The number of nitrogens with zero attached hydrogens (tertiary/aromatic N) is 2. The van der Waals surface area contributed by atoms with Gasteiger partial charge < -0.3 is 19.3 Å². The quantitative estimate of drug-likeness (QED) is 0.651.